The Morgan fingerprint density at radius 3 is 2.86 bits per heavy atom. The van der Waals surface area contributed by atoms with E-state index in [4.69, 9.17) is 0 Å². The zero-order chi connectivity index (χ0) is 10.6. The van der Waals surface area contributed by atoms with Crippen molar-refractivity contribution in [2.45, 2.75) is 6.92 Å². The van der Waals surface area contributed by atoms with Crippen molar-refractivity contribution in [3.8, 4) is 0 Å². The number of carbonyl (C=O) groups is 1. The molecule has 0 unspecified atom stereocenters. The Kier molecular flexibility index (Phi) is 3.24. The maximum Gasteiger partial charge on any atom is 0.302 e. The van der Waals surface area contributed by atoms with Crippen molar-refractivity contribution in [1.82, 2.24) is 15.7 Å². The van der Waals surface area contributed by atoms with E-state index < -0.39 is 5.03 Å². The number of nitro groups is 1. The van der Waals surface area contributed by atoms with Gasteiger partial charge in [0.2, 0.25) is 0 Å². The lowest BCUT2D eigenvalue weighted by Crippen LogP contribution is -2.43. The summed E-state index contributed by atoms with van der Waals surface area (Å²) in [5.74, 6) is -0.376. The Morgan fingerprint density at radius 1 is 1.64 bits per heavy atom. The third-order valence-electron chi connectivity index (χ3n) is 1.43. The van der Waals surface area contributed by atoms with Crippen LogP contribution in [0, 0.1) is 10.1 Å². The highest BCUT2D eigenvalue weighted by atomic mass is 16.7. The molecule has 78 valence electrons. The maximum atomic E-state index is 10.4. The fourth-order valence-corrected chi connectivity index (χ4v) is 0.845. The monoisotopic (exact) mass is 202 g/mol. The Balaban J connectivity index is 2.21. The number of ether oxygens (including phenoxy) is 1. The molecule has 1 heterocycles. The highest BCUT2D eigenvalue weighted by molar-refractivity contribution is 5.65. The molecule has 0 spiro atoms. The van der Waals surface area contributed by atoms with Crippen molar-refractivity contribution in [3.05, 3.63) is 22.5 Å². The van der Waals surface area contributed by atoms with Gasteiger partial charge in [0, 0.05) is 13.1 Å². The van der Waals surface area contributed by atoms with Crippen LogP contribution in [0.25, 0.3) is 0 Å². The van der Waals surface area contributed by atoms with Gasteiger partial charge >= 0.3 is 5.97 Å². The molecular weight excluding hydrogens is 192 g/mol. The van der Waals surface area contributed by atoms with Crippen molar-refractivity contribution in [2.24, 2.45) is 0 Å². The van der Waals surface area contributed by atoms with E-state index in [2.05, 4.69) is 10.3 Å². The van der Waals surface area contributed by atoms with Crippen LogP contribution in [0.3, 0.4) is 0 Å². The van der Waals surface area contributed by atoms with Crippen LogP contribution in [0.5, 0.6) is 0 Å². The van der Waals surface area contributed by atoms with Crippen molar-refractivity contribution < 1.29 is 14.6 Å². The zero-order valence-electron chi connectivity index (χ0n) is 7.54. The maximum absolute atomic E-state index is 10.4. The summed E-state index contributed by atoms with van der Waals surface area (Å²) in [6.07, 6.45) is 2.74. The van der Waals surface area contributed by atoms with Gasteiger partial charge in [0.15, 0.2) is 5.03 Å². The molecule has 0 aromatic rings. The number of hydrogen-bond donors (Lipinski definition) is 1. The third-order valence-corrected chi connectivity index (χ3v) is 1.43. The summed E-state index contributed by atoms with van der Waals surface area (Å²) in [6.45, 7) is 1.83. The minimum atomic E-state index is -0.609. The molecule has 0 bridgehead atoms. The van der Waals surface area contributed by atoms with E-state index in [1.807, 2.05) is 0 Å². The van der Waals surface area contributed by atoms with Gasteiger partial charge in [-0.2, -0.15) is 0 Å². The number of hydrogen-bond acceptors (Lipinski definition) is 6. The van der Waals surface area contributed by atoms with Crippen molar-refractivity contribution in [2.75, 3.05) is 13.2 Å². The first-order valence-electron chi connectivity index (χ1n) is 3.88. The lowest BCUT2D eigenvalue weighted by atomic mass is 10.6. The van der Waals surface area contributed by atoms with Crippen LogP contribution in [0.1, 0.15) is 6.92 Å². The van der Waals surface area contributed by atoms with Crippen molar-refractivity contribution in [3.63, 3.8) is 0 Å². The quantitative estimate of drug-likeness (QED) is 0.364. The second-order valence-corrected chi connectivity index (χ2v) is 2.51. The van der Waals surface area contributed by atoms with E-state index >= 15 is 0 Å². The van der Waals surface area contributed by atoms with E-state index in [-0.39, 0.29) is 12.6 Å². The molecule has 8 nitrogen and oxygen atoms in total. The first-order chi connectivity index (χ1) is 6.59. The fourth-order valence-electron chi connectivity index (χ4n) is 0.845. The fraction of sp³-hybridized carbons (Fsp3) is 0.500. The number of esters is 1. The minimum absolute atomic E-state index is 0.179. The molecule has 0 saturated carbocycles. The molecule has 1 N–H and O–H groups in total. The van der Waals surface area contributed by atoms with Crippen LogP contribution in [0.15, 0.2) is 12.4 Å². The average Bonchev–Trinajstić information content (AvgIpc) is 2.52. The van der Waals surface area contributed by atoms with E-state index in [0.717, 1.165) is 0 Å². The van der Waals surface area contributed by atoms with Gasteiger partial charge in [-0.1, -0.05) is 5.53 Å². The van der Waals surface area contributed by atoms with Gasteiger partial charge in [-0.05, 0) is 5.12 Å². The Hall–Kier alpha value is -1.83. The summed E-state index contributed by atoms with van der Waals surface area (Å²) in [5.41, 5.74) is 2.43. The summed E-state index contributed by atoms with van der Waals surface area (Å²) in [7, 11) is 0. The van der Waals surface area contributed by atoms with E-state index in [0.29, 0.717) is 11.7 Å². The minimum Gasteiger partial charge on any atom is -0.464 e. The Morgan fingerprint density at radius 2 is 2.36 bits per heavy atom. The lowest BCUT2D eigenvalue weighted by molar-refractivity contribution is -0.657. The average molecular weight is 202 g/mol. The van der Waals surface area contributed by atoms with Crippen LogP contribution in [0.2, 0.25) is 0 Å². The summed E-state index contributed by atoms with van der Waals surface area (Å²) < 4.78 is 4.66. The smallest absolute Gasteiger partial charge is 0.302 e. The highest BCUT2D eigenvalue weighted by Crippen LogP contribution is 1.99. The van der Waals surface area contributed by atoms with Gasteiger partial charge in [-0.15, -0.1) is 0 Å². The number of nitrogens with one attached hydrogen (secondary N) is 1. The number of rotatable bonds is 4. The summed E-state index contributed by atoms with van der Waals surface area (Å²) in [5, 5.41) is 11.8. The normalized spacial score (nSPS) is 14.6. The lowest BCUT2D eigenvalue weighted by Gasteiger charge is -2.15. The van der Waals surface area contributed by atoms with Crippen LogP contribution < -0.4 is 5.53 Å². The molecule has 0 atom stereocenters. The second kappa shape index (κ2) is 4.42. The molecular formula is C6H10N4O4. The zero-order valence-corrected chi connectivity index (χ0v) is 7.54. The first-order valence-corrected chi connectivity index (χ1v) is 3.88. The molecule has 0 fully saturated rings. The van der Waals surface area contributed by atoms with E-state index in [1.165, 1.54) is 24.3 Å². The van der Waals surface area contributed by atoms with Gasteiger partial charge in [-0.3, -0.25) is 9.80 Å². The standard InChI is InChI=1S/C6H10N4O4/c1-6(11)14-5-4-8-2-3-9(7-8)10(12)13/h2-3,7H,4-5H2,1H3. The molecule has 8 heteroatoms. The highest BCUT2D eigenvalue weighted by Gasteiger charge is 2.19. The molecule has 0 aromatic heterocycles. The molecule has 1 rings (SSSR count). The third kappa shape index (κ3) is 2.90. The van der Waals surface area contributed by atoms with Gasteiger partial charge in [0.05, 0.1) is 6.54 Å². The summed E-state index contributed by atoms with van der Waals surface area (Å²) in [6, 6.07) is 0. The summed E-state index contributed by atoms with van der Waals surface area (Å²) in [4.78, 5) is 20.6. The molecule has 1 aliphatic heterocycles. The SMILES string of the molecule is CC(=O)OCCN1C=CN([N+](=O)[O-])N1. The van der Waals surface area contributed by atoms with Crippen molar-refractivity contribution in [1.29, 1.82) is 0 Å². The summed E-state index contributed by atoms with van der Waals surface area (Å²) >= 11 is 0. The Labute approximate surface area is 79.8 Å². The predicted octanol–water partition coefficient (Wildman–Crippen LogP) is -0.750. The van der Waals surface area contributed by atoms with Gasteiger partial charge in [0.25, 0.3) is 0 Å². The van der Waals surface area contributed by atoms with Gasteiger partial charge < -0.3 is 4.74 Å². The molecule has 14 heavy (non-hydrogen) atoms. The first kappa shape index (κ1) is 10.3. The Bertz CT molecular complexity index is 267. The number of nitrogens with zero attached hydrogens (tertiary/aromatic N) is 3. The molecule has 0 saturated heterocycles. The molecule has 1 aliphatic rings. The van der Waals surface area contributed by atoms with Crippen LogP contribution >= 0.6 is 0 Å². The number of hydrazine groups is 3. The van der Waals surface area contributed by atoms with Gasteiger partial charge in [0.1, 0.15) is 12.8 Å². The van der Waals surface area contributed by atoms with Crippen molar-refractivity contribution >= 4 is 5.97 Å². The number of carbonyl (C=O) groups excluding carboxylic acids is 1. The topological polar surface area (TPSA) is 88.0 Å². The van der Waals surface area contributed by atoms with E-state index in [9.17, 15) is 14.9 Å². The van der Waals surface area contributed by atoms with E-state index in [1.54, 1.807) is 0 Å². The molecule has 0 amide bonds. The van der Waals surface area contributed by atoms with Crippen LogP contribution in [0.4, 0.5) is 0 Å². The van der Waals surface area contributed by atoms with Crippen LogP contribution in [-0.4, -0.2) is 34.3 Å². The van der Waals surface area contributed by atoms with Gasteiger partial charge in [-0.25, -0.2) is 10.1 Å². The van der Waals surface area contributed by atoms with Crippen LogP contribution in [-0.2, 0) is 9.53 Å². The molecule has 0 aromatic carbocycles. The second-order valence-electron chi connectivity index (χ2n) is 2.51. The largest absolute Gasteiger partial charge is 0.464 e. The molecule has 0 radical (unpaired) electrons. The predicted molar refractivity (Wildman–Crippen MR) is 44.4 cm³/mol. The molecule has 0 aliphatic carbocycles.